The maximum absolute atomic E-state index is 12.4. The van der Waals surface area contributed by atoms with Crippen molar-refractivity contribution in [3.63, 3.8) is 0 Å². The van der Waals surface area contributed by atoms with E-state index in [4.69, 9.17) is 9.72 Å². The summed E-state index contributed by atoms with van der Waals surface area (Å²) < 4.78 is 46.0. The number of benzene rings is 1. The van der Waals surface area contributed by atoms with Crippen molar-refractivity contribution >= 4 is 39.7 Å². The average molecular weight is 535 g/mol. The quantitative estimate of drug-likeness (QED) is 0.427. The van der Waals surface area contributed by atoms with E-state index < -0.39 is 12.3 Å². The second-order valence-electron chi connectivity index (χ2n) is 9.48. The Morgan fingerprint density at radius 1 is 1.14 bits per heavy atom. The van der Waals surface area contributed by atoms with Gasteiger partial charge in [0.05, 0.1) is 5.52 Å². The number of hydrogen-bond donors (Lipinski definition) is 1. The van der Waals surface area contributed by atoms with E-state index in [9.17, 15) is 18.0 Å². The molecule has 7 nitrogen and oxygen atoms in total. The molecule has 0 bridgehead atoms. The highest BCUT2D eigenvalue weighted by Crippen LogP contribution is 2.33. The number of nitrogens with zero attached hydrogens (tertiary/aromatic N) is 3. The number of carbonyl (C=O) groups is 1. The standard InChI is InChI=1S/C26H29F3N4O3S/c1-17-12-23(33-10-6-19(7-11-33)32-8-2-3-9-32)31-22-5-4-18(13-21(17)22)30-24(34)15-35-20-14-25(37-16-20)36-26(27,28)29/h4-5,12-14,16,19H,2-3,6-11,15H2,1H3,(H,30,34). The molecular formula is C26H29F3N4O3S. The number of pyridine rings is 1. The Labute approximate surface area is 217 Å². The minimum Gasteiger partial charge on any atom is -0.483 e. The summed E-state index contributed by atoms with van der Waals surface area (Å²) in [5.41, 5.74) is 2.53. The van der Waals surface area contributed by atoms with Gasteiger partial charge in [0.15, 0.2) is 11.7 Å². The predicted octanol–water partition coefficient (Wildman–Crippen LogP) is 5.59. The number of piperidine rings is 1. The number of aromatic nitrogens is 1. The van der Waals surface area contributed by atoms with Crippen LogP contribution in [-0.4, -0.2) is 61.0 Å². The van der Waals surface area contributed by atoms with Crippen molar-refractivity contribution in [2.24, 2.45) is 0 Å². The highest BCUT2D eigenvalue weighted by atomic mass is 32.1. The van der Waals surface area contributed by atoms with E-state index in [-0.39, 0.29) is 17.4 Å². The molecule has 2 fully saturated rings. The molecule has 0 unspecified atom stereocenters. The van der Waals surface area contributed by atoms with Crippen LogP contribution in [0.4, 0.5) is 24.7 Å². The minimum absolute atomic E-state index is 0.134. The number of aryl methyl sites for hydroxylation is 1. The van der Waals surface area contributed by atoms with Crippen LogP contribution in [-0.2, 0) is 4.79 Å². The summed E-state index contributed by atoms with van der Waals surface area (Å²) in [6.45, 7) is 6.16. The highest BCUT2D eigenvalue weighted by Gasteiger charge is 2.32. The fourth-order valence-electron chi connectivity index (χ4n) is 5.07. The first-order valence-corrected chi connectivity index (χ1v) is 13.3. The van der Waals surface area contributed by atoms with Crippen molar-refractivity contribution in [3.8, 4) is 10.8 Å². The number of carbonyl (C=O) groups excluding carboxylic acids is 1. The maximum atomic E-state index is 12.4. The third-order valence-electron chi connectivity index (χ3n) is 6.87. The van der Waals surface area contributed by atoms with Crippen LogP contribution >= 0.6 is 11.3 Å². The molecule has 0 atom stereocenters. The molecule has 5 rings (SSSR count). The summed E-state index contributed by atoms with van der Waals surface area (Å²) in [4.78, 5) is 22.2. The van der Waals surface area contributed by atoms with E-state index in [0.717, 1.165) is 65.6 Å². The Kier molecular flexibility index (Phi) is 7.43. The van der Waals surface area contributed by atoms with Crippen LogP contribution < -0.4 is 19.7 Å². The fraction of sp³-hybridized carbons (Fsp3) is 0.462. The molecule has 37 heavy (non-hydrogen) atoms. The monoisotopic (exact) mass is 534 g/mol. The lowest BCUT2D eigenvalue weighted by molar-refractivity contribution is -0.273. The molecule has 3 aromatic rings. The number of hydrogen-bond acceptors (Lipinski definition) is 7. The van der Waals surface area contributed by atoms with Gasteiger partial charge in [0, 0.05) is 41.7 Å². The zero-order chi connectivity index (χ0) is 26.0. The van der Waals surface area contributed by atoms with Crippen molar-refractivity contribution in [2.45, 2.75) is 45.0 Å². The zero-order valence-electron chi connectivity index (χ0n) is 20.5. The Morgan fingerprint density at radius 3 is 2.62 bits per heavy atom. The van der Waals surface area contributed by atoms with Gasteiger partial charge in [-0.15, -0.1) is 24.5 Å². The molecule has 1 amide bonds. The van der Waals surface area contributed by atoms with Gasteiger partial charge < -0.3 is 24.6 Å². The van der Waals surface area contributed by atoms with E-state index in [1.165, 1.54) is 31.3 Å². The van der Waals surface area contributed by atoms with Crippen LogP contribution in [0.3, 0.4) is 0 Å². The van der Waals surface area contributed by atoms with Gasteiger partial charge in [0.2, 0.25) is 0 Å². The summed E-state index contributed by atoms with van der Waals surface area (Å²) >= 11 is 0.741. The van der Waals surface area contributed by atoms with Crippen molar-refractivity contribution in [1.29, 1.82) is 0 Å². The second kappa shape index (κ2) is 10.7. The number of alkyl halides is 3. The Balaban J connectivity index is 1.18. The number of likely N-dealkylation sites (tertiary alicyclic amines) is 1. The summed E-state index contributed by atoms with van der Waals surface area (Å²) in [6.07, 6.45) is 0.184. The number of halogens is 3. The SMILES string of the molecule is Cc1cc(N2CCC(N3CCCC3)CC2)nc2ccc(NC(=O)COc3csc(OC(F)(F)F)c3)cc12. The minimum atomic E-state index is -4.77. The molecule has 11 heteroatoms. The van der Waals surface area contributed by atoms with Crippen LogP contribution in [0.25, 0.3) is 10.9 Å². The van der Waals surface area contributed by atoms with E-state index in [2.05, 4.69) is 25.9 Å². The summed E-state index contributed by atoms with van der Waals surface area (Å²) in [5.74, 6) is 0.696. The smallest absolute Gasteiger partial charge is 0.483 e. The largest absolute Gasteiger partial charge is 0.573 e. The third kappa shape index (κ3) is 6.45. The maximum Gasteiger partial charge on any atom is 0.573 e. The van der Waals surface area contributed by atoms with Crippen LogP contribution in [0, 0.1) is 6.92 Å². The average Bonchev–Trinajstić information content (AvgIpc) is 3.55. The molecule has 2 saturated heterocycles. The van der Waals surface area contributed by atoms with Crippen molar-refractivity contribution in [1.82, 2.24) is 9.88 Å². The topological polar surface area (TPSA) is 66.9 Å². The lowest BCUT2D eigenvalue weighted by atomic mass is 10.0. The Morgan fingerprint density at radius 2 is 1.89 bits per heavy atom. The number of thiophene rings is 1. The number of amides is 1. The first-order chi connectivity index (χ1) is 17.7. The molecule has 0 spiro atoms. The molecule has 0 radical (unpaired) electrons. The molecule has 1 N–H and O–H groups in total. The number of ether oxygens (including phenoxy) is 2. The lowest BCUT2D eigenvalue weighted by Crippen LogP contribution is -2.44. The normalized spacial score (nSPS) is 17.4. The number of anilines is 2. The van der Waals surface area contributed by atoms with E-state index in [1.807, 2.05) is 19.1 Å². The van der Waals surface area contributed by atoms with Crippen molar-refractivity contribution in [2.75, 3.05) is 43.0 Å². The summed E-state index contributed by atoms with van der Waals surface area (Å²) in [5, 5.41) is 4.72. The third-order valence-corrected chi connectivity index (χ3v) is 7.65. The Hall–Kier alpha value is -3.05. The molecule has 1 aromatic carbocycles. The lowest BCUT2D eigenvalue weighted by Gasteiger charge is -2.37. The van der Waals surface area contributed by atoms with Gasteiger partial charge in [-0.1, -0.05) is 0 Å². The number of fused-ring (bicyclic) bond motifs is 1. The van der Waals surface area contributed by atoms with Crippen LogP contribution in [0.1, 0.15) is 31.2 Å². The first-order valence-electron chi connectivity index (χ1n) is 12.4. The van der Waals surface area contributed by atoms with Gasteiger partial charge in [0.25, 0.3) is 5.91 Å². The molecule has 2 aliphatic rings. The van der Waals surface area contributed by atoms with Gasteiger partial charge in [0.1, 0.15) is 11.6 Å². The zero-order valence-corrected chi connectivity index (χ0v) is 21.3. The molecule has 2 aromatic heterocycles. The first kappa shape index (κ1) is 25.6. The van der Waals surface area contributed by atoms with Crippen molar-refractivity contribution < 1.29 is 27.4 Å². The van der Waals surface area contributed by atoms with Gasteiger partial charge in [-0.05, 0) is 75.5 Å². The highest BCUT2D eigenvalue weighted by molar-refractivity contribution is 7.12. The molecule has 0 saturated carbocycles. The van der Waals surface area contributed by atoms with E-state index in [1.54, 1.807) is 6.07 Å². The summed E-state index contributed by atoms with van der Waals surface area (Å²) in [6, 6.07) is 9.44. The second-order valence-corrected chi connectivity index (χ2v) is 10.4. The van der Waals surface area contributed by atoms with E-state index in [0.29, 0.717) is 11.7 Å². The molecule has 4 heterocycles. The van der Waals surface area contributed by atoms with Crippen LogP contribution in [0.15, 0.2) is 35.7 Å². The van der Waals surface area contributed by atoms with Gasteiger partial charge in [-0.25, -0.2) is 4.98 Å². The molecular weight excluding hydrogens is 505 g/mol. The van der Waals surface area contributed by atoms with Gasteiger partial charge in [-0.2, -0.15) is 0 Å². The fourth-order valence-corrected chi connectivity index (χ4v) is 5.77. The predicted molar refractivity (Wildman–Crippen MR) is 138 cm³/mol. The molecule has 0 aliphatic carbocycles. The van der Waals surface area contributed by atoms with Gasteiger partial charge in [-0.3, -0.25) is 4.79 Å². The summed E-state index contributed by atoms with van der Waals surface area (Å²) in [7, 11) is 0. The molecule has 2 aliphatic heterocycles. The molecule has 198 valence electrons. The number of rotatable bonds is 7. The van der Waals surface area contributed by atoms with Crippen molar-refractivity contribution in [3.05, 3.63) is 41.3 Å². The van der Waals surface area contributed by atoms with E-state index >= 15 is 0 Å². The Bertz CT molecular complexity index is 1250. The van der Waals surface area contributed by atoms with Crippen LogP contribution in [0.5, 0.6) is 10.8 Å². The number of nitrogens with one attached hydrogen (secondary N) is 1. The van der Waals surface area contributed by atoms with Gasteiger partial charge >= 0.3 is 6.36 Å². The van der Waals surface area contributed by atoms with Crippen LogP contribution in [0.2, 0.25) is 0 Å².